The topological polar surface area (TPSA) is 73.9 Å². The van der Waals surface area contributed by atoms with Crippen LogP contribution in [-0.4, -0.2) is 32.7 Å². The number of methoxy groups -OCH3 is 2. The molecule has 6 nitrogen and oxygen atoms in total. The molecule has 2 aromatic carbocycles. The van der Waals surface area contributed by atoms with Crippen molar-refractivity contribution in [2.24, 2.45) is 0 Å². The number of ether oxygens (including phenoxy) is 3. The Hall–Kier alpha value is -3.65. The van der Waals surface area contributed by atoms with E-state index in [1.165, 1.54) is 36.7 Å². The number of benzene rings is 2. The van der Waals surface area contributed by atoms with Gasteiger partial charge in [0.05, 0.1) is 20.8 Å². The Kier molecular flexibility index (Phi) is 8.43. The first-order valence-electron chi connectivity index (χ1n) is 10.7. The highest BCUT2D eigenvalue weighted by Crippen LogP contribution is 2.40. The summed E-state index contributed by atoms with van der Waals surface area (Å²) < 4.78 is 29.4. The van der Waals surface area contributed by atoms with E-state index in [2.05, 4.69) is 5.32 Å². The summed E-state index contributed by atoms with van der Waals surface area (Å²) >= 11 is 1.25. The van der Waals surface area contributed by atoms with Crippen molar-refractivity contribution < 1.29 is 28.2 Å². The van der Waals surface area contributed by atoms with Crippen LogP contribution in [0.5, 0.6) is 11.5 Å². The number of aryl methyl sites for hydroxylation is 1. The summed E-state index contributed by atoms with van der Waals surface area (Å²) in [5.74, 6) is -0.174. The van der Waals surface area contributed by atoms with Crippen molar-refractivity contribution in [3.05, 3.63) is 70.4 Å². The predicted molar refractivity (Wildman–Crippen MR) is 132 cm³/mol. The van der Waals surface area contributed by atoms with E-state index in [1.54, 1.807) is 37.5 Å². The number of esters is 1. The molecule has 1 heterocycles. The lowest BCUT2D eigenvalue weighted by Gasteiger charge is -2.10. The molecule has 34 heavy (non-hydrogen) atoms. The number of hydrogen-bond donors (Lipinski definition) is 1. The molecule has 0 radical (unpaired) electrons. The van der Waals surface area contributed by atoms with E-state index >= 15 is 0 Å². The number of amides is 1. The van der Waals surface area contributed by atoms with Gasteiger partial charge in [0.2, 0.25) is 5.91 Å². The molecule has 1 amide bonds. The van der Waals surface area contributed by atoms with Gasteiger partial charge in [-0.3, -0.25) is 4.79 Å². The van der Waals surface area contributed by atoms with Crippen molar-refractivity contribution in [1.82, 2.24) is 0 Å². The third-order valence-electron chi connectivity index (χ3n) is 4.92. The largest absolute Gasteiger partial charge is 0.493 e. The molecule has 0 bridgehead atoms. The zero-order valence-electron chi connectivity index (χ0n) is 19.4. The lowest BCUT2D eigenvalue weighted by molar-refractivity contribution is -0.111. The van der Waals surface area contributed by atoms with E-state index in [0.717, 1.165) is 16.9 Å². The van der Waals surface area contributed by atoms with Gasteiger partial charge in [-0.25, -0.2) is 9.18 Å². The van der Waals surface area contributed by atoms with Gasteiger partial charge in [-0.1, -0.05) is 25.1 Å². The minimum absolute atomic E-state index is 0.234. The molecule has 0 aliphatic heterocycles. The van der Waals surface area contributed by atoms with Crippen LogP contribution in [0.1, 0.15) is 34.1 Å². The first kappa shape index (κ1) is 25.0. The van der Waals surface area contributed by atoms with Gasteiger partial charge < -0.3 is 19.5 Å². The summed E-state index contributed by atoms with van der Waals surface area (Å²) in [6.45, 7) is 4.43. The Balaban J connectivity index is 1.84. The normalized spacial score (nSPS) is 10.9. The summed E-state index contributed by atoms with van der Waals surface area (Å²) in [4.78, 5) is 26.0. The molecule has 178 valence electrons. The van der Waals surface area contributed by atoms with Crippen LogP contribution >= 0.6 is 11.3 Å². The molecule has 8 heteroatoms. The smallest absolute Gasteiger partial charge is 0.341 e. The molecule has 0 spiro atoms. The van der Waals surface area contributed by atoms with Crippen LogP contribution in [0, 0.1) is 12.7 Å². The maximum atomic E-state index is 13.4. The molecular weight excluding hydrogens is 457 g/mol. The Bertz CT molecular complexity index is 1200. The van der Waals surface area contributed by atoms with E-state index in [0.29, 0.717) is 34.2 Å². The van der Waals surface area contributed by atoms with Gasteiger partial charge in [0.25, 0.3) is 0 Å². The maximum absolute atomic E-state index is 13.4. The summed E-state index contributed by atoms with van der Waals surface area (Å²) in [6.07, 6.45) is 3.89. The van der Waals surface area contributed by atoms with Crippen molar-refractivity contribution in [2.45, 2.75) is 20.3 Å². The SMILES string of the molecule is CCCOc1ccc(/C=C/C(=O)Nc2sc(C)c(-c3ccc(F)cc3)c2C(=O)OC)cc1OC. The number of rotatable bonds is 9. The number of anilines is 1. The Morgan fingerprint density at radius 1 is 1.09 bits per heavy atom. The molecule has 0 saturated heterocycles. The van der Waals surface area contributed by atoms with Crippen molar-refractivity contribution in [1.29, 1.82) is 0 Å². The quantitative estimate of drug-likeness (QED) is 0.294. The molecule has 0 fully saturated rings. The molecule has 1 aromatic heterocycles. The number of hydrogen-bond acceptors (Lipinski definition) is 6. The summed E-state index contributed by atoms with van der Waals surface area (Å²) in [7, 11) is 2.83. The van der Waals surface area contributed by atoms with Crippen LogP contribution in [0.3, 0.4) is 0 Å². The van der Waals surface area contributed by atoms with Crippen molar-refractivity contribution in [3.63, 3.8) is 0 Å². The second kappa shape index (κ2) is 11.5. The van der Waals surface area contributed by atoms with E-state index in [9.17, 15) is 14.0 Å². The molecule has 0 unspecified atom stereocenters. The number of carbonyl (C=O) groups excluding carboxylic acids is 2. The molecule has 0 aliphatic rings. The molecule has 0 atom stereocenters. The monoisotopic (exact) mass is 483 g/mol. The Morgan fingerprint density at radius 2 is 1.82 bits per heavy atom. The fraction of sp³-hybridized carbons (Fsp3) is 0.231. The van der Waals surface area contributed by atoms with Gasteiger partial charge in [-0.2, -0.15) is 0 Å². The van der Waals surface area contributed by atoms with Crippen LogP contribution in [-0.2, 0) is 9.53 Å². The molecule has 0 saturated carbocycles. The number of halogens is 1. The van der Waals surface area contributed by atoms with Crippen LogP contribution in [0.2, 0.25) is 0 Å². The molecule has 3 rings (SSSR count). The zero-order valence-corrected chi connectivity index (χ0v) is 20.3. The highest BCUT2D eigenvalue weighted by Gasteiger charge is 2.24. The zero-order chi connectivity index (χ0) is 24.7. The van der Waals surface area contributed by atoms with Crippen LogP contribution in [0.15, 0.2) is 48.5 Å². The summed E-state index contributed by atoms with van der Waals surface area (Å²) in [5.41, 5.74) is 2.24. The number of thiophene rings is 1. The van der Waals surface area contributed by atoms with Crippen molar-refractivity contribution >= 4 is 34.3 Å². The van der Waals surface area contributed by atoms with Crippen LogP contribution in [0.4, 0.5) is 9.39 Å². The third-order valence-corrected chi connectivity index (χ3v) is 5.94. The van der Waals surface area contributed by atoms with E-state index in [1.807, 2.05) is 19.9 Å². The minimum Gasteiger partial charge on any atom is -0.493 e. The van der Waals surface area contributed by atoms with Gasteiger partial charge in [-0.15, -0.1) is 11.3 Å². The molecule has 1 N–H and O–H groups in total. The predicted octanol–water partition coefficient (Wildman–Crippen LogP) is 6.10. The summed E-state index contributed by atoms with van der Waals surface area (Å²) in [6, 6.07) is 11.2. The standard InChI is InChI=1S/C26H26FNO5S/c1-5-14-33-20-12-6-17(15-21(20)31-3)7-13-22(29)28-25-24(26(30)32-4)23(16(2)34-25)18-8-10-19(27)11-9-18/h6-13,15H,5,14H2,1-4H3,(H,28,29)/b13-7+. The lowest BCUT2D eigenvalue weighted by Crippen LogP contribution is -2.11. The van der Waals surface area contributed by atoms with E-state index in [-0.39, 0.29) is 11.4 Å². The third kappa shape index (κ3) is 5.82. The molecule has 3 aromatic rings. The molecular formula is C26H26FNO5S. The first-order valence-corrected chi connectivity index (χ1v) is 11.5. The Labute approximate surface area is 202 Å². The minimum atomic E-state index is -0.588. The number of carbonyl (C=O) groups is 2. The van der Waals surface area contributed by atoms with Crippen molar-refractivity contribution in [2.75, 3.05) is 26.1 Å². The van der Waals surface area contributed by atoms with E-state index in [4.69, 9.17) is 14.2 Å². The van der Waals surface area contributed by atoms with E-state index < -0.39 is 11.9 Å². The number of nitrogens with one attached hydrogen (secondary N) is 1. The lowest BCUT2D eigenvalue weighted by atomic mass is 10.0. The average Bonchev–Trinajstić information content (AvgIpc) is 3.16. The van der Waals surface area contributed by atoms with Crippen LogP contribution in [0.25, 0.3) is 17.2 Å². The van der Waals surface area contributed by atoms with Crippen molar-refractivity contribution in [3.8, 4) is 22.6 Å². The second-order valence-electron chi connectivity index (χ2n) is 7.32. The second-order valence-corrected chi connectivity index (χ2v) is 8.54. The van der Waals surface area contributed by atoms with Gasteiger partial charge in [0, 0.05) is 16.5 Å². The fourth-order valence-corrected chi connectivity index (χ4v) is 4.41. The van der Waals surface area contributed by atoms with Gasteiger partial charge >= 0.3 is 5.97 Å². The molecule has 0 aliphatic carbocycles. The van der Waals surface area contributed by atoms with Gasteiger partial charge in [-0.05, 0) is 54.8 Å². The van der Waals surface area contributed by atoms with Gasteiger partial charge in [0.1, 0.15) is 16.4 Å². The average molecular weight is 484 g/mol. The Morgan fingerprint density at radius 3 is 2.47 bits per heavy atom. The van der Waals surface area contributed by atoms with Crippen LogP contribution < -0.4 is 14.8 Å². The summed E-state index contributed by atoms with van der Waals surface area (Å²) in [5, 5.41) is 3.13. The fourth-order valence-electron chi connectivity index (χ4n) is 3.34. The maximum Gasteiger partial charge on any atom is 0.341 e. The van der Waals surface area contributed by atoms with Gasteiger partial charge in [0.15, 0.2) is 11.5 Å². The first-order chi connectivity index (χ1) is 16.4. The highest BCUT2D eigenvalue weighted by molar-refractivity contribution is 7.17. The highest BCUT2D eigenvalue weighted by atomic mass is 32.1.